The van der Waals surface area contributed by atoms with Crippen LogP contribution < -0.4 is 10.2 Å². The van der Waals surface area contributed by atoms with E-state index < -0.39 is 17.5 Å². The molecule has 0 aliphatic carbocycles. The van der Waals surface area contributed by atoms with Crippen LogP contribution in [0.4, 0.5) is 24.7 Å². The standard InChI is InChI=1S/C20H20F3N5O/c21-15-3-4-16(18(23)17(15)22)25-9-13(29)8-12-2-1-7-28(10-12)20-14-5-6-24-19(14)26-11-27-20/h3-6,11-12,25H,1-2,7-10H2,(H,24,26,27)/t12-/m0/s1. The third kappa shape index (κ3) is 4.03. The Balaban J connectivity index is 1.36. The SMILES string of the molecule is O=C(CNc1ccc(F)c(F)c1F)C[C@@H]1CCCN(c2ncnc3[nH]ccc23)C1. The zero-order valence-electron chi connectivity index (χ0n) is 15.6. The van der Waals surface area contributed by atoms with Crippen LogP contribution in [-0.2, 0) is 4.79 Å². The van der Waals surface area contributed by atoms with Gasteiger partial charge in [0.2, 0.25) is 0 Å². The number of fused-ring (bicyclic) bond motifs is 1. The molecule has 2 aromatic heterocycles. The molecule has 1 atom stereocenters. The van der Waals surface area contributed by atoms with Crippen LogP contribution in [0.5, 0.6) is 0 Å². The molecule has 0 saturated carbocycles. The topological polar surface area (TPSA) is 73.9 Å². The second-order valence-electron chi connectivity index (χ2n) is 7.21. The van der Waals surface area contributed by atoms with Gasteiger partial charge in [-0.1, -0.05) is 0 Å². The van der Waals surface area contributed by atoms with Gasteiger partial charge < -0.3 is 15.2 Å². The van der Waals surface area contributed by atoms with Crippen molar-refractivity contribution >= 4 is 28.3 Å². The summed E-state index contributed by atoms with van der Waals surface area (Å²) in [5.74, 6) is -3.27. The summed E-state index contributed by atoms with van der Waals surface area (Å²) in [6, 6.07) is 3.84. The predicted octanol–water partition coefficient (Wildman–Crippen LogP) is 3.66. The van der Waals surface area contributed by atoms with Crippen molar-refractivity contribution in [2.75, 3.05) is 29.9 Å². The van der Waals surface area contributed by atoms with Crippen LogP contribution in [0.1, 0.15) is 19.3 Å². The quantitative estimate of drug-likeness (QED) is 0.615. The van der Waals surface area contributed by atoms with E-state index in [1.807, 2.05) is 12.3 Å². The van der Waals surface area contributed by atoms with E-state index >= 15 is 0 Å². The van der Waals surface area contributed by atoms with Crippen LogP contribution in [0.15, 0.2) is 30.7 Å². The second-order valence-corrected chi connectivity index (χ2v) is 7.21. The van der Waals surface area contributed by atoms with E-state index in [-0.39, 0.29) is 23.9 Å². The molecule has 4 rings (SSSR count). The van der Waals surface area contributed by atoms with E-state index in [0.717, 1.165) is 48.4 Å². The van der Waals surface area contributed by atoms with Crippen LogP contribution in [0, 0.1) is 23.4 Å². The van der Waals surface area contributed by atoms with E-state index in [2.05, 4.69) is 25.2 Å². The molecular formula is C20H20F3N5O. The van der Waals surface area contributed by atoms with Crippen LogP contribution in [0.3, 0.4) is 0 Å². The normalized spacial score (nSPS) is 16.9. The van der Waals surface area contributed by atoms with Gasteiger partial charge in [-0.3, -0.25) is 4.79 Å². The first kappa shape index (κ1) is 19.2. The first-order valence-electron chi connectivity index (χ1n) is 9.45. The van der Waals surface area contributed by atoms with Crippen molar-refractivity contribution in [2.24, 2.45) is 5.92 Å². The van der Waals surface area contributed by atoms with Gasteiger partial charge in [0.25, 0.3) is 0 Å². The number of halogens is 3. The summed E-state index contributed by atoms with van der Waals surface area (Å²) in [7, 11) is 0. The average Bonchev–Trinajstić information content (AvgIpc) is 3.20. The monoisotopic (exact) mass is 403 g/mol. The fourth-order valence-corrected chi connectivity index (χ4v) is 3.79. The molecule has 1 fully saturated rings. The molecule has 1 saturated heterocycles. The molecule has 2 N–H and O–H groups in total. The first-order valence-corrected chi connectivity index (χ1v) is 9.45. The predicted molar refractivity (Wildman–Crippen MR) is 103 cm³/mol. The largest absolute Gasteiger partial charge is 0.376 e. The Labute approximate surface area is 165 Å². The number of Topliss-reactive ketones (excluding diaryl/α,β-unsaturated/α-hetero) is 1. The Kier molecular flexibility index (Phi) is 5.37. The van der Waals surface area contributed by atoms with Gasteiger partial charge in [-0.25, -0.2) is 23.1 Å². The number of carbonyl (C=O) groups is 1. The number of ketones is 1. The number of benzene rings is 1. The maximum atomic E-state index is 13.7. The van der Waals surface area contributed by atoms with Crippen molar-refractivity contribution in [3.8, 4) is 0 Å². The van der Waals surface area contributed by atoms with Gasteiger partial charge in [-0.05, 0) is 37.0 Å². The molecule has 3 aromatic rings. The lowest BCUT2D eigenvalue weighted by Gasteiger charge is -2.33. The first-order chi connectivity index (χ1) is 14.0. The van der Waals surface area contributed by atoms with Crippen LogP contribution in [0.2, 0.25) is 0 Å². The molecular weight excluding hydrogens is 383 g/mol. The van der Waals surface area contributed by atoms with Crippen molar-refractivity contribution < 1.29 is 18.0 Å². The molecule has 1 aliphatic heterocycles. The number of hydrogen-bond donors (Lipinski definition) is 2. The number of nitrogens with zero attached hydrogens (tertiary/aromatic N) is 3. The lowest BCUT2D eigenvalue weighted by molar-refractivity contribution is -0.118. The van der Waals surface area contributed by atoms with Crippen molar-refractivity contribution in [3.05, 3.63) is 48.2 Å². The summed E-state index contributed by atoms with van der Waals surface area (Å²) >= 11 is 0. The van der Waals surface area contributed by atoms with Gasteiger partial charge in [0, 0.05) is 25.7 Å². The Morgan fingerprint density at radius 2 is 2.07 bits per heavy atom. The molecule has 1 aromatic carbocycles. The molecule has 0 bridgehead atoms. The van der Waals surface area contributed by atoms with Crippen molar-refractivity contribution in [1.29, 1.82) is 0 Å². The molecule has 1 aliphatic rings. The summed E-state index contributed by atoms with van der Waals surface area (Å²) in [6.07, 6.45) is 5.48. The number of carbonyl (C=O) groups excluding carboxylic acids is 1. The Hall–Kier alpha value is -3.10. The summed E-state index contributed by atoms with van der Waals surface area (Å²) < 4.78 is 40.0. The van der Waals surface area contributed by atoms with Gasteiger partial charge in [-0.15, -0.1) is 0 Å². The van der Waals surface area contributed by atoms with E-state index in [1.54, 1.807) is 0 Å². The molecule has 3 heterocycles. The summed E-state index contributed by atoms with van der Waals surface area (Å²) in [5, 5.41) is 3.50. The van der Waals surface area contributed by atoms with Crippen molar-refractivity contribution in [1.82, 2.24) is 15.0 Å². The minimum Gasteiger partial charge on any atom is -0.376 e. The molecule has 0 amide bonds. The maximum absolute atomic E-state index is 13.7. The van der Waals surface area contributed by atoms with E-state index in [0.29, 0.717) is 13.0 Å². The summed E-state index contributed by atoms with van der Waals surface area (Å²) in [4.78, 5) is 26.2. The number of hydrogen-bond acceptors (Lipinski definition) is 5. The zero-order chi connectivity index (χ0) is 20.4. The Morgan fingerprint density at radius 1 is 1.21 bits per heavy atom. The number of aromatic nitrogens is 3. The number of rotatable bonds is 6. The molecule has 152 valence electrons. The molecule has 29 heavy (non-hydrogen) atoms. The van der Waals surface area contributed by atoms with Gasteiger partial charge >= 0.3 is 0 Å². The van der Waals surface area contributed by atoms with Crippen LogP contribution >= 0.6 is 0 Å². The van der Waals surface area contributed by atoms with Crippen molar-refractivity contribution in [3.63, 3.8) is 0 Å². The van der Waals surface area contributed by atoms with Gasteiger partial charge in [0.05, 0.1) is 17.6 Å². The average molecular weight is 403 g/mol. The highest BCUT2D eigenvalue weighted by Gasteiger charge is 2.24. The highest BCUT2D eigenvalue weighted by atomic mass is 19.2. The fraction of sp³-hybridized carbons (Fsp3) is 0.350. The van der Waals surface area contributed by atoms with Gasteiger partial charge in [-0.2, -0.15) is 0 Å². The maximum Gasteiger partial charge on any atom is 0.196 e. The number of aromatic amines is 1. The van der Waals surface area contributed by atoms with Crippen molar-refractivity contribution in [2.45, 2.75) is 19.3 Å². The highest BCUT2D eigenvalue weighted by Crippen LogP contribution is 2.28. The molecule has 6 nitrogen and oxygen atoms in total. The summed E-state index contributed by atoms with van der Waals surface area (Å²) in [6.45, 7) is 1.39. The minimum absolute atomic E-state index is 0.115. The minimum atomic E-state index is -1.55. The smallest absolute Gasteiger partial charge is 0.196 e. The molecule has 0 unspecified atom stereocenters. The second kappa shape index (κ2) is 8.10. The van der Waals surface area contributed by atoms with Crippen LogP contribution in [-0.4, -0.2) is 40.4 Å². The van der Waals surface area contributed by atoms with Gasteiger partial charge in [0.1, 0.15) is 17.8 Å². The third-order valence-electron chi connectivity index (χ3n) is 5.18. The molecule has 9 heteroatoms. The van der Waals surface area contributed by atoms with E-state index in [9.17, 15) is 18.0 Å². The third-order valence-corrected chi connectivity index (χ3v) is 5.18. The van der Waals surface area contributed by atoms with E-state index in [4.69, 9.17) is 0 Å². The number of H-pyrrole nitrogens is 1. The Morgan fingerprint density at radius 3 is 2.93 bits per heavy atom. The number of piperidine rings is 1. The lowest BCUT2D eigenvalue weighted by Crippen LogP contribution is -2.37. The van der Waals surface area contributed by atoms with E-state index in [1.165, 1.54) is 6.33 Å². The highest BCUT2D eigenvalue weighted by molar-refractivity contribution is 5.87. The fourth-order valence-electron chi connectivity index (χ4n) is 3.79. The Bertz CT molecular complexity index is 1040. The molecule has 0 spiro atoms. The lowest BCUT2D eigenvalue weighted by atomic mass is 9.92. The van der Waals surface area contributed by atoms with Crippen LogP contribution in [0.25, 0.3) is 11.0 Å². The zero-order valence-corrected chi connectivity index (χ0v) is 15.6. The number of anilines is 2. The molecule has 0 radical (unpaired) electrons. The van der Waals surface area contributed by atoms with Gasteiger partial charge in [0.15, 0.2) is 23.2 Å². The number of nitrogens with one attached hydrogen (secondary N) is 2. The summed E-state index contributed by atoms with van der Waals surface area (Å²) in [5.41, 5.74) is 0.546.